The van der Waals surface area contributed by atoms with Crippen LogP contribution in [-0.2, 0) is 11.2 Å². The summed E-state index contributed by atoms with van der Waals surface area (Å²) >= 11 is 0. The minimum absolute atomic E-state index is 0.125. The highest BCUT2D eigenvalue weighted by Crippen LogP contribution is 2.22. The van der Waals surface area contributed by atoms with Gasteiger partial charge in [-0.05, 0) is 48.7 Å². The van der Waals surface area contributed by atoms with Crippen molar-refractivity contribution in [3.8, 4) is 0 Å². The van der Waals surface area contributed by atoms with E-state index in [1.54, 1.807) is 24.3 Å². The second kappa shape index (κ2) is 8.97. The monoisotopic (exact) mass is 389 g/mol. The molecular formula is C22H23N5O2. The predicted octanol–water partition coefficient (Wildman–Crippen LogP) is 4.30. The highest BCUT2D eigenvalue weighted by molar-refractivity contribution is 6.04. The Morgan fingerprint density at radius 2 is 1.59 bits per heavy atom. The molecule has 0 aliphatic heterocycles. The summed E-state index contributed by atoms with van der Waals surface area (Å²) in [5.41, 5.74) is 4.78. The van der Waals surface area contributed by atoms with Crippen molar-refractivity contribution in [3.63, 3.8) is 0 Å². The fourth-order valence-corrected chi connectivity index (χ4v) is 2.87. The van der Waals surface area contributed by atoms with Gasteiger partial charge >= 0.3 is 0 Å². The molecule has 3 rings (SSSR count). The molecule has 29 heavy (non-hydrogen) atoms. The maximum atomic E-state index is 12.6. The highest BCUT2D eigenvalue weighted by Gasteiger charge is 2.12. The molecule has 7 nitrogen and oxygen atoms in total. The SMILES string of the molecule is CCc1cccc(C)c1NC(=O)c1cnc(Nc2ccc(NC(C)=O)cc2)nc1. The zero-order valence-corrected chi connectivity index (χ0v) is 16.6. The molecule has 2 aromatic carbocycles. The van der Waals surface area contributed by atoms with Crippen LogP contribution in [0.25, 0.3) is 0 Å². The largest absolute Gasteiger partial charge is 0.326 e. The Balaban J connectivity index is 1.67. The van der Waals surface area contributed by atoms with Gasteiger partial charge in [0.25, 0.3) is 5.91 Å². The lowest BCUT2D eigenvalue weighted by molar-refractivity contribution is -0.114. The number of aromatic nitrogens is 2. The molecule has 0 saturated heterocycles. The summed E-state index contributed by atoms with van der Waals surface area (Å²) in [6.07, 6.45) is 3.80. The van der Waals surface area contributed by atoms with E-state index in [4.69, 9.17) is 0 Å². The number of carbonyl (C=O) groups is 2. The maximum Gasteiger partial charge on any atom is 0.258 e. The van der Waals surface area contributed by atoms with Crippen LogP contribution in [0.4, 0.5) is 23.0 Å². The molecule has 0 aliphatic carbocycles. The lowest BCUT2D eigenvalue weighted by Crippen LogP contribution is -2.15. The molecule has 0 bridgehead atoms. The molecule has 0 saturated carbocycles. The average molecular weight is 389 g/mol. The van der Waals surface area contributed by atoms with Crippen LogP contribution >= 0.6 is 0 Å². The number of anilines is 4. The lowest BCUT2D eigenvalue weighted by Gasteiger charge is -2.13. The number of hydrogen-bond acceptors (Lipinski definition) is 5. The summed E-state index contributed by atoms with van der Waals surface area (Å²) in [5, 5.41) is 8.73. The van der Waals surface area contributed by atoms with E-state index >= 15 is 0 Å². The maximum absolute atomic E-state index is 12.6. The van der Waals surface area contributed by atoms with Gasteiger partial charge in [-0.3, -0.25) is 9.59 Å². The van der Waals surface area contributed by atoms with Crippen molar-refractivity contribution in [1.82, 2.24) is 9.97 Å². The predicted molar refractivity (Wildman–Crippen MR) is 115 cm³/mol. The molecule has 0 atom stereocenters. The quantitative estimate of drug-likeness (QED) is 0.584. The summed E-state index contributed by atoms with van der Waals surface area (Å²) in [6, 6.07) is 13.1. The van der Waals surface area contributed by atoms with Crippen molar-refractivity contribution >= 4 is 34.8 Å². The van der Waals surface area contributed by atoms with Gasteiger partial charge in [-0.2, -0.15) is 0 Å². The summed E-state index contributed by atoms with van der Waals surface area (Å²) in [7, 11) is 0. The fourth-order valence-electron chi connectivity index (χ4n) is 2.87. The number of carbonyl (C=O) groups excluding carboxylic acids is 2. The number of benzene rings is 2. The van der Waals surface area contributed by atoms with Gasteiger partial charge in [-0.15, -0.1) is 0 Å². The zero-order chi connectivity index (χ0) is 20.8. The van der Waals surface area contributed by atoms with E-state index in [9.17, 15) is 9.59 Å². The van der Waals surface area contributed by atoms with Gasteiger partial charge in [0.1, 0.15) is 0 Å². The fraction of sp³-hybridized carbons (Fsp3) is 0.182. The second-order valence-electron chi connectivity index (χ2n) is 6.60. The van der Waals surface area contributed by atoms with Gasteiger partial charge < -0.3 is 16.0 Å². The Labute approximate surface area is 169 Å². The van der Waals surface area contributed by atoms with E-state index in [0.717, 1.165) is 28.9 Å². The Hall–Kier alpha value is -3.74. The lowest BCUT2D eigenvalue weighted by atomic mass is 10.1. The summed E-state index contributed by atoms with van der Waals surface area (Å²) < 4.78 is 0. The summed E-state index contributed by atoms with van der Waals surface area (Å²) in [4.78, 5) is 32.1. The molecule has 2 amide bonds. The smallest absolute Gasteiger partial charge is 0.258 e. The van der Waals surface area contributed by atoms with Crippen LogP contribution in [0.3, 0.4) is 0 Å². The van der Waals surface area contributed by atoms with E-state index in [0.29, 0.717) is 17.2 Å². The third kappa shape index (κ3) is 5.16. The Kier molecular flexibility index (Phi) is 6.19. The van der Waals surface area contributed by atoms with Gasteiger partial charge in [0.2, 0.25) is 11.9 Å². The zero-order valence-electron chi connectivity index (χ0n) is 16.6. The van der Waals surface area contributed by atoms with E-state index in [1.807, 2.05) is 25.1 Å². The van der Waals surface area contributed by atoms with Crippen molar-refractivity contribution in [1.29, 1.82) is 0 Å². The van der Waals surface area contributed by atoms with E-state index in [2.05, 4.69) is 32.8 Å². The van der Waals surface area contributed by atoms with Gasteiger partial charge in [-0.25, -0.2) is 9.97 Å². The van der Waals surface area contributed by atoms with Crippen molar-refractivity contribution in [2.45, 2.75) is 27.2 Å². The van der Waals surface area contributed by atoms with E-state index in [1.165, 1.54) is 19.3 Å². The second-order valence-corrected chi connectivity index (χ2v) is 6.60. The van der Waals surface area contributed by atoms with Gasteiger partial charge in [0, 0.05) is 36.4 Å². The van der Waals surface area contributed by atoms with E-state index in [-0.39, 0.29) is 11.8 Å². The van der Waals surface area contributed by atoms with Crippen LogP contribution in [0.2, 0.25) is 0 Å². The molecule has 7 heteroatoms. The number of hydrogen-bond donors (Lipinski definition) is 3. The number of aryl methyl sites for hydroxylation is 2. The van der Waals surface area contributed by atoms with Crippen LogP contribution in [0.5, 0.6) is 0 Å². The first-order valence-corrected chi connectivity index (χ1v) is 9.33. The average Bonchev–Trinajstić information content (AvgIpc) is 2.71. The van der Waals surface area contributed by atoms with Crippen LogP contribution in [0, 0.1) is 6.92 Å². The van der Waals surface area contributed by atoms with E-state index < -0.39 is 0 Å². The standard InChI is InChI=1S/C22H23N5O2/c1-4-16-7-5-6-14(2)20(16)27-21(29)17-12-23-22(24-13-17)26-19-10-8-18(9-11-19)25-15(3)28/h5-13H,4H2,1-3H3,(H,25,28)(H,27,29)(H,23,24,26). The third-order valence-electron chi connectivity index (χ3n) is 4.35. The van der Waals surface area contributed by atoms with Crippen molar-refractivity contribution in [3.05, 3.63) is 71.5 Å². The van der Waals surface area contributed by atoms with Gasteiger partial charge in [0.05, 0.1) is 5.56 Å². The Morgan fingerprint density at radius 3 is 2.21 bits per heavy atom. The number of rotatable bonds is 6. The summed E-state index contributed by atoms with van der Waals surface area (Å²) in [6.45, 7) is 5.48. The van der Waals surface area contributed by atoms with Crippen LogP contribution < -0.4 is 16.0 Å². The van der Waals surface area contributed by atoms with Crippen molar-refractivity contribution < 1.29 is 9.59 Å². The highest BCUT2D eigenvalue weighted by atomic mass is 16.2. The molecular weight excluding hydrogens is 366 g/mol. The molecule has 0 fully saturated rings. The molecule has 1 heterocycles. The van der Waals surface area contributed by atoms with Gasteiger partial charge in [-0.1, -0.05) is 25.1 Å². The Bertz CT molecular complexity index is 1010. The molecule has 0 aliphatic rings. The molecule has 148 valence electrons. The number of para-hydroxylation sites is 1. The minimum Gasteiger partial charge on any atom is -0.326 e. The number of nitrogens with one attached hydrogen (secondary N) is 3. The van der Waals surface area contributed by atoms with Crippen molar-refractivity contribution in [2.75, 3.05) is 16.0 Å². The molecule has 3 aromatic rings. The molecule has 0 unspecified atom stereocenters. The van der Waals surface area contributed by atoms with Crippen LogP contribution in [-0.4, -0.2) is 21.8 Å². The number of amides is 2. The molecule has 3 N–H and O–H groups in total. The van der Waals surface area contributed by atoms with Crippen LogP contribution in [0.1, 0.15) is 35.3 Å². The first-order valence-electron chi connectivity index (χ1n) is 9.33. The molecule has 0 spiro atoms. The number of nitrogens with zero attached hydrogens (tertiary/aromatic N) is 2. The Morgan fingerprint density at radius 1 is 0.931 bits per heavy atom. The summed E-state index contributed by atoms with van der Waals surface area (Å²) in [5.74, 6) is -0.00108. The topological polar surface area (TPSA) is 96.0 Å². The first kappa shape index (κ1) is 20.0. The first-order chi connectivity index (χ1) is 14.0. The molecule has 1 aromatic heterocycles. The van der Waals surface area contributed by atoms with Crippen LogP contribution in [0.15, 0.2) is 54.9 Å². The molecule has 0 radical (unpaired) electrons. The van der Waals surface area contributed by atoms with Gasteiger partial charge in [0.15, 0.2) is 0 Å². The minimum atomic E-state index is -0.250. The van der Waals surface area contributed by atoms with Crippen molar-refractivity contribution in [2.24, 2.45) is 0 Å². The normalized spacial score (nSPS) is 10.3. The third-order valence-corrected chi connectivity index (χ3v) is 4.35.